The Kier molecular flexibility index (Phi) is 5.46. The number of aliphatic imine (C=N–C) groups is 1. The fourth-order valence-corrected chi connectivity index (χ4v) is 4.03. The van der Waals surface area contributed by atoms with E-state index in [1.54, 1.807) is 6.07 Å². The Morgan fingerprint density at radius 1 is 1.17 bits per heavy atom. The SMILES string of the molecule is Cc1cc2c(cc1C)N(CC(=O)Nc1cccc(F)c1)C(=O)CC(c1cccs1)=N2. The lowest BCUT2D eigenvalue weighted by molar-refractivity contribution is -0.120. The quantitative estimate of drug-likeness (QED) is 0.644. The molecule has 0 saturated carbocycles. The highest BCUT2D eigenvalue weighted by molar-refractivity contribution is 7.12. The molecule has 1 aromatic heterocycles. The largest absolute Gasteiger partial charge is 0.324 e. The smallest absolute Gasteiger partial charge is 0.244 e. The molecule has 4 rings (SSSR count). The first-order valence-electron chi connectivity index (χ1n) is 9.49. The molecule has 0 saturated heterocycles. The van der Waals surface area contributed by atoms with E-state index in [-0.39, 0.29) is 18.9 Å². The minimum atomic E-state index is -0.441. The van der Waals surface area contributed by atoms with Crippen LogP contribution >= 0.6 is 11.3 Å². The van der Waals surface area contributed by atoms with Crippen molar-refractivity contribution in [2.24, 2.45) is 4.99 Å². The van der Waals surface area contributed by atoms with Crippen molar-refractivity contribution in [1.82, 2.24) is 0 Å². The van der Waals surface area contributed by atoms with Crippen molar-refractivity contribution < 1.29 is 14.0 Å². The van der Waals surface area contributed by atoms with Crippen molar-refractivity contribution in [3.63, 3.8) is 0 Å². The van der Waals surface area contributed by atoms with E-state index in [4.69, 9.17) is 4.99 Å². The van der Waals surface area contributed by atoms with Gasteiger partial charge in [-0.05, 0) is 66.8 Å². The summed E-state index contributed by atoms with van der Waals surface area (Å²) in [5.41, 5.74) is 4.36. The van der Waals surface area contributed by atoms with Crippen molar-refractivity contribution in [2.45, 2.75) is 20.3 Å². The summed E-state index contributed by atoms with van der Waals surface area (Å²) in [6.45, 7) is 3.77. The maximum atomic E-state index is 13.4. The highest BCUT2D eigenvalue weighted by Gasteiger charge is 2.27. The van der Waals surface area contributed by atoms with E-state index in [1.807, 2.05) is 43.5 Å². The summed E-state index contributed by atoms with van der Waals surface area (Å²) in [7, 11) is 0. The third-order valence-electron chi connectivity index (χ3n) is 4.97. The van der Waals surface area contributed by atoms with Crippen LogP contribution in [-0.4, -0.2) is 24.1 Å². The van der Waals surface area contributed by atoms with Crippen molar-refractivity contribution in [3.05, 3.63) is 75.7 Å². The number of benzene rings is 2. The number of carbonyl (C=O) groups is 2. The molecule has 2 aromatic carbocycles. The highest BCUT2D eigenvalue weighted by atomic mass is 32.1. The second kappa shape index (κ2) is 8.20. The number of hydrogen-bond donors (Lipinski definition) is 1. The first-order chi connectivity index (χ1) is 14.4. The van der Waals surface area contributed by atoms with Gasteiger partial charge >= 0.3 is 0 Å². The van der Waals surface area contributed by atoms with E-state index >= 15 is 0 Å². The fraction of sp³-hybridized carbons (Fsp3) is 0.174. The van der Waals surface area contributed by atoms with Crippen LogP contribution in [0.15, 0.2) is 58.9 Å². The zero-order valence-electron chi connectivity index (χ0n) is 16.6. The van der Waals surface area contributed by atoms with Crippen LogP contribution in [0.2, 0.25) is 0 Å². The molecule has 1 aliphatic rings. The number of aryl methyl sites for hydroxylation is 2. The van der Waals surface area contributed by atoms with Gasteiger partial charge in [0, 0.05) is 10.6 Å². The van der Waals surface area contributed by atoms with Crippen LogP contribution in [-0.2, 0) is 9.59 Å². The molecular formula is C23H20FN3O2S. The molecule has 2 amide bonds. The van der Waals surface area contributed by atoms with Crippen LogP contribution in [0, 0.1) is 19.7 Å². The summed E-state index contributed by atoms with van der Waals surface area (Å²) in [6.07, 6.45) is 0.0978. The Balaban J connectivity index is 1.67. The number of halogens is 1. The number of rotatable bonds is 4. The molecule has 0 fully saturated rings. The van der Waals surface area contributed by atoms with Gasteiger partial charge in [0.1, 0.15) is 12.4 Å². The lowest BCUT2D eigenvalue weighted by Crippen LogP contribution is -2.38. The molecule has 3 aromatic rings. The van der Waals surface area contributed by atoms with E-state index in [9.17, 15) is 14.0 Å². The Labute approximate surface area is 177 Å². The van der Waals surface area contributed by atoms with Crippen LogP contribution in [0.4, 0.5) is 21.5 Å². The minimum Gasteiger partial charge on any atom is -0.324 e. The maximum Gasteiger partial charge on any atom is 0.244 e. The molecule has 5 nitrogen and oxygen atoms in total. The zero-order chi connectivity index (χ0) is 21.3. The summed E-state index contributed by atoms with van der Waals surface area (Å²) < 4.78 is 13.4. The monoisotopic (exact) mass is 421 g/mol. The maximum absolute atomic E-state index is 13.4. The summed E-state index contributed by atoms with van der Waals surface area (Å²) >= 11 is 1.52. The van der Waals surface area contributed by atoms with Gasteiger partial charge in [0.25, 0.3) is 0 Å². The van der Waals surface area contributed by atoms with E-state index in [0.717, 1.165) is 16.0 Å². The molecule has 7 heteroatoms. The van der Waals surface area contributed by atoms with Gasteiger partial charge in [-0.1, -0.05) is 12.1 Å². The van der Waals surface area contributed by atoms with Gasteiger partial charge in [0.05, 0.1) is 23.5 Å². The molecule has 0 unspecified atom stereocenters. The van der Waals surface area contributed by atoms with Gasteiger partial charge in [-0.3, -0.25) is 9.59 Å². The third-order valence-corrected chi connectivity index (χ3v) is 5.89. The van der Waals surface area contributed by atoms with E-state index < -0.39 is 11.7 Å². The number of thiophene rings is 1. The average Bonchev–Trinajstić information content (AvgIpc) is 3.19. The lowest BCUT2D eigenvalue weighted by atomic mass is 10.1. The number of hydrogen-bond acceptors (Lipinski definition) is 4. The summed E-state index contributed by atoms with van der Waals surface area (Å²) in [6, 6.07) is 13.3. The molecule has 30 heavy (non-hydrogen) atoms. The molecule has 0 spiro atoms. The van der Waals surface area contributed by atoms with Crippen molar-refractivity contribution in [2.75, 3.05) is 16.8 Å². The van der Waals surface area contributed by atoms with Crippen molar-refractivity contribution in [3.8, 4) is 0 Å². The highest BCUT2D eigenvalue weighted by Crippen LogP contribution is 2.36. The Morgan fingerprint density at radius 2 is 1.97 bits per heavy atom. The second-order valence-corrected chi connectivity index (χ2v) is 8.12. The molecule has 0 radical (unpaired) electrons. The molecule has 0 aliphatic carbocycles. The minimum absolute atomic E-state index is 0.0978. The number of nitrogens with one attached hydrogen (secondary N) is 1. The summed E-state index contributed by atoms with van der Waals surface area (Å²) in [5, 5.41) is 4.60. The number of nitrogens with zero attached hydrogens (tertiary/aromatic N) is 2. The van der Waals surface area contributed by atoms with E-state index in [0.29, 0.717) is 22.8 Å². The predicted molar refractivity (Wildman–Crippen MR) is 118 cm³/mol. The third kappa shape index (κ3) is 4.16. The molecule has 0 atom stereocenters. The molecule has 0 bridgehead atoms. The zero-order valence-corrected chi connectivity index (χ0v) is 17.4. The Hall–Kier alpha value is -3.32. The van der Waals surface area contributed by atoms with Gasteiger partial charge < -0.3 is 10.2 Å². The molecule has 2 heterocycles. The lowest BCUT2D eigenvalue weighted by Gasteiger charge is -2.23. The molecular weight excluding hydrogens is 401 g/mol. The van der Waals surface area contributed by atoms with Crippen LogP contribution in [0.3, 0.4) is 0 Å². The van der Waals surface area contributed by atoms with Crippen LogP contribution in [0.5, 0.6) is 0 Å². The standard InChI is InChI=1S/C23H20FN3O2S/c1-14-9-18-20(10-15(14)2)27(13-22(28)25-17-6-3-5-16(24)11-17)23(29)12-19(26-18)21-7-4-8-30-21/h3-11H,12-13H2,1-2H3,(H,25,28). The number of carbonyl (C=O) groups excluding carboxylic acids is 2. The number of amides is 2. The van der Waals surface area contributed by atoms with E-state index in [2.05, 4.69) is 5.32 Å². The summed E-state index contributed by atoms with van der Waals surface area (Å²) in [4.78, 5) is 32.9. The predicted octanol–water partition coefficient (Wildman–Crippen LogP) is 5.00. The van der Waals surface area contributed by atoms with Crippen molar-refractivity contribution in [1.29, 1.82) is 0 Å². The normalized spacial score (nSPS) is 13.5. The van der Waals surface area contributed by atoms with Gasteiger partial charge in [-0.15, -0.1) is 11.3 Å². The fourth-order valence-electron chi connectivity index (χ4n) is 3.32. The van der Waals surface area contributed by atoms with Gasteiger partial charge in [-0.2, -0.15) is 0 Å². The Morgan fingerprint density at radius 3 is 2.70 bits per heavy atom. The molecule has 1 N–H and O–H groups in total. The first kappa shape index (κ1) is 20.0. The Bertz CT molecular complexity index is 1160. The molecule has 152 valence electrons. The van der Waals surface area contributed by atoms with Gasteiger partial charge in [-0.25, -0.2) is 9.38 Å². The molecule has 1 aliphatic heterocycles. The van der Waals surface area contributed by atoms with Crippen LogP contribution in [0.25, 0.3) is 0 Å². The topological polar surface area (TPSA) is 61.8 Å². The summed E-state index contributed by atoms with van der Waals surface area (Å²) in [5.74, 6) is -1.06. The van der Waals surface area contributed by atoms with Crippen molar-refractivity contribution >= 4 is 45.9 Å². The first-order valence-corrected chi connectivity index (χ1v) is 10.4. The van der Waals surface area contributed by atoms with E-state index in [1.165, 1.54) is 34.4 Å². The second-order valence-electron chi connectivity index (χ2n) is 7.18. The number of fused-ring (bicyclic) bond motifs is 1. The van der Waals surface area contributed by atoms with Gasteiger partial charge in [0.2, 0.25) is 11.8 Å². The van der Waals surface area contributed by atoms with Crippen LogP contribution < -0.4 is 10.2 Å². The average molecular weight is 421 g/mol. The van der Waals surface area contributed by atoms with Gasteiger partial charge in [0.15, 0.2) is 0 Å². The number of anilines is 2. The van der Waals surface area contributed by atoms with Crippen LogP contribution in [0.1, 0.15) is 22.4 Å².